The molecule has 0 aliphatic heterocycles. The number of ketones is 1. The van der Waals surface area contributed by atoms with Crippen LogP contribution in [0.3, 0.4) is 0 Å². The summed E-state index contributed by atoms with van der Waals surface area (Å²) in [5.41, 5.74) is 1.30. The van der Waals surface area contributed by atoms with E-state index < -0.39 is 0 Å². The molecular weight excluding hydrogens is 295 g/mol. The monoisotopic (exact) mass is 308 g/mol. The maximum atomic E-state index is 11.8. The highest BCUT2D eigenvalue weighted by Crippen LogP contribution is 2.27. The van der Waals surface area contributed by atoms with E-state index in [4.69, 9.17) is 27.9 Å². The predicted molar refractivity (Wildman–Crippen MR) is 81.9 cm³/mol. The molecule has 0 unspecified atom stereocenters. The fourth-order valence-electron chi connectivity index (χ4n) is 1.83. The normalized spacial score (nSPS) is 10.3. The highest BCUT2D eigenvalue weighted by atomic mass is 35.5. The Morgan fingerprint density at radius 1 is 1.05 bits per heavy atom. The maximum absolute atomic E-state index is 11.8. The Balaban J connectivity index is 2.21. The highest BCUT2D eigenvalue weighted by molar-refractivity contribution is 6.35. The van der Waals surface area contributed by atoms with Gasteiger partial charge in [-0.3, -0.25) is 4.79 Å². The van der Waals surface area contributed by atoms with Crippen molar-refractivity contribution in [3.05, 3.63) is 63.6 Å². The Morgan fingerprint density at radius 2 is 1.70 bits per heavy atom. The second-order valence-electron chi connectivity index (χ2n) is 4.26. The molecule has 0 fully saturated rings. The second kappa shape index (κ2) is 6.78. The van der Waals surface area contributed by atoms with Gasteiger partial charge in [0.2, 0.25) is 0 Å². The Kier molecular flexibility index (Phi) is 5.05. The Morgan fingerprint density at radius 3 is 2.35 bits per heavy atom. The van der Waals surface area contributed by atoms with E-state index in [2.05, 4.69) is 0 Å². The van der Waals surface area contributed by atoms with Crippen LogP contribution in [0.15, 0.2) is 42.5 Å². The Bertz CT molecular complexity index is 603. The third-order valence-corrected chi connectivity index (χ3v) is 3.65. The molecule has 0 aromatic heterocycles. The van der Waals surface area contributed by atoms with Gasteiger partial charge in [0, 0.05) is 22.0 Å². The maximum Gasteiger partial charge on any atom is 0.166 e. The van der Waals surface area contributed by atoms with Crippen molar-refractivity contribution in [2.24, 2.45) is 0 Å². The van der Waals surface area contributed by atoms with Gasteiger partial charge in [-0.1, -0.05) is 48.3 Å². The minimum Gasteiger partial charge on any atom is -0.488 e. The lowest BCUT2D eigenvalue weighted by Crippen LogP contribution is -2.04. The number of carbonyl (C=O) groups is 1. The molecule has 0 bridgehead atoms. The molecule has 20 heavy (non-hydrogen) atoms. The Hall–Kier alpha value is -1.51. The number of halogens is 2. The van der Waals surface area contributed by atoms with Crippen LogP contribution < -0.4 is 4.74 Å². The summed E-state index contributed by atoms with van der Waals surface area (Å²) >= 11 is 12.2. The molecule has 0 heterocycles. The fraction of sp³-hybridized carbons (Fsp3) is 0.188. The molecule has 2 rings (SSSR count). The molecule has 0 saturated heterocycles. The van der Waals surface area contributed by atoms with Gasteiger partial charge in [-0.25, -0.2) is 0 Å². The molecule has 0 aliphatic carbocycles. The van der Waals surface area contributed by atoms with Crippen LogP contribution in [0.1, 0.15) is 29.3 Å². The van der Waals surface area contributed by atoms with Crippen molar-refractivity contribution >= 4 is 29.0 Å². The first-order valence-corrected chi connectivity index (χ1v) is 7.07. The standard InChI is InChI=1S/C16H14Cl2O2/c1-2-15(19)11-6-3-4-9-16(11)20-10-12-13(17)7-5-8-14(12)18/h3-9H,2,10H2,1H3. The number of rotatable bonds is 5. The first kappa shape index (κ1) is 14.9. The van der Waals surface area contributed by atoms with Gasteiger partial charge in [0.05, 0.1) is 5.56 Å². The van der Waals surface area contributed by atoms with E-state index in [0.29, 0.717) is 27.8 Å². The number of carbonyl (C=O) groups excluding carboxylic acids is 1. The van der Waals surface area contributed by atoms with E-state index in [1.54, 1.807) is 30.3 Å². The van der Waals surface area contributed by atoms with Gasteiger partial charge < -0.3 is 4.74 Å². The molecular formula is C16H14Cl2O2. The van der Waals surface area contributed by atoms with E-state index in [9.17, 15) is 4.79 Å². The zero-order valence-corrected chi connectivity index (χ0v) is 12.5. The molecule has 0 spiro atoms. The fourth-order valence-corrected chi connectivity index (χ4v) is 2.34. The largest absolute Gasteiger partial charge is 0.488 e. The SMILES string of the molecule is CCC(=O)c1ccccc1OCc1c(Cl)cccc1Cl. The molecule has 0 radical (unpaired) electrons. The number of hydrogen-bond donors (Lipinski definition) is 0. The number of para-hydroxylation sites is 1. The summed E-state index contributed by atoms with van der Waals surface area (Å²) in [5, 5.41) is 1.11. The molecule has 2 aromatic carbocycles. The second-order valence-corrected chi connectivity index (χ2v) is 5.08. The summed E-state index contributed by atoms with van der Waals surface area (Å²) in [6.07, 6.45) is 0.438. The van der Waals surface area contributed by atoms with Crippen LogP contribution in [-0.4, -0.2) is 5.78 Å². The lowest BCUT2D eigenvalue weighted by atomic mass is 10.1. The molecule has 0 atom stereocenters. The van der Waals surface area contributed by atoms with E-state index in [-0.39, 0.29) is 12.4 Å². The number of ether oxygens (including phenoxy) is 1. The minimum atomic E-state index is 0.0471. The van der Waals surface area contributed by atoms with Crippen LogP contribution in [0.2, 0.25) is 10.0 Å². The quantitative estimate of drug-likeness (QED) is 0.713. The zero-order chi connectivity index (χ0) is 14.5. The average Bonchev–Trinajstić information content (AvgIpc) is 2.46. The van der Waals surface area contributed by atoms with Crippen molar-refractivity contribution in [2.45, 2.75) is 20.0 Å². The van der Waals surface area contributed by atoms with Crippen LogP contribution in [-0.2, 0) is 6.61 Å². The van der Waals surface area contributed by atoms with Gasteiger partial charge in [0.1, 0.15) is 12.4 Å². The summed E-state index contributed by atoms with van der Waals surface area (Å²) in [6.45, 7) is 2.05. The van der Waals surface area contributed by atoms with Gasteiger partial charge in [0.25, 0.3) is 0 Å². The van der Waals surface area contributed by atoms with Gasteiger partial charge >= 0.3 is 0 Å². The van der Waals surface area contributed by atoms with Gasteiger partial charge in [-0.2, -0.15) is 0 Å². The molecule has 0 N–H and O–H groups in total. The molecule has 0 aliphatic rings. The van der Waals surface area contributed by atoms with Gasteiger partial charge in [-0.15, -0.1) is 0 Å². The van der Waals surface area contributed by atoms with Crippen LogP contribution in [0.5, 0.6) is 5.75 Å². The van der Waals surface area contributed by atoms with Crippen molar-refractivity contribution in [1.82, 2.24) is 0 Å². The molecule has 0 amide bonds. The Labute approximate surface area is 128 Å². The zero-order valence-electron chi connectivity index (χ0n) is 11.0. The van der Waals surface area contributed by atoms with Crippen LogP contribution >= 0.6 is 23.2 Å². The molecule has 2 nitrogen and oxygen atoms in total. The topological polar surface area (TPSA) is 26.3 Å². The third kappa shape index (κ3) is 3.33. The average molecular weight is 309 g/mol. The van der Waals surface area contributed by atoms with Crippen LogP contribution in [0.4, 0.5) is 0 Å². The lowest BCUT2D eigenvalue weighted by molar-refractivity contribution is 0.0984. The minimum absolute atomic E-state index is 0.0471. The van der Waals surface area contributed by atoms with Crippen LogP contribution in [0.25, 0.3) is 0 Å². The molecule has 0 saturated carbocycles. The van der Waals surface area contributed by atoms with E-state index >= 15 is 0 Å². The van der Waals surface area contributed by atoms with Crippen LogP contribution in [0, 0.1) is 0 Å². The summed E-state index contributed by atoms with van der Waals surface area (Å²) in [5.74, 6) is 0.598. The van der Waals surface area contributed by atoms with Gasteiger partial charge in [0.15, 0.2) is 5.78 Å². The molecule has 104 valence electrons. The highest BCUT2D eigenvalue weighted by Gasteiger charge is 2.12. The summed E-state index contributed by atoms with van der Waals surface area (Å²) in [6, 6.07) is 12.5. The summed E-state index contributed by atoms with van der Waals surface area (Å²) in [4.78, 5) is 11.8. The van der Waals surface area contributed by atoms with E-state index in [1.165, 1.54) is 0 Å². The first-order valence-electron chi connectivity index (χ1n) is 6.31. The van der Waals surface area contributed by atoms with Gasteiger partial charge in [-0.05, 0) is 24.3 Å². The van der Waals surface area contributed by atoms with Crippen molar-refractivity contribution < 1.29 is 9.53 Å². The number of benzene rings is 2. The van der Waals surface area contributed by atoms with E-state index in [0.717, 1.165) is 5.56 Å². The summed E-state index contributed by atoms with van der Waals surface area (Å²) in [7, 11) is 0. The van der Waals surface area contributed by atoms with Crippen molar-refractivity contribution in [2.75, 3.05) is 0 Å². The number of hydrogen-bond acceptors (Lipinski definition) is 2. The predicted octanol–water partition coefficient (Wildman–Crippen LogP) is 5.17. The molecule has 2 aromatic rings. The van der Waals surface area contributed by atoms with Crippen molar-refractivity contribution in [3.8, 4) is 5.75 Å². The smallest absolute Gasteiger partial charge is 0.166 e. The van der Waals surface area contributed by atoms with Crippen molar-refractivity contribution in [1.29, 1.82) is 0 Å². The number of Topliss-reactive ketones (excluding diaryl/α,β-unsaturated/α-hetero) is 1. The summed E-state index contributed by atoms with van der Waals surface area (Å²) < 4.78 is 5.72. The van der Waals surface area contributed by atoms with E-state index in [1.807, 2.05) is 19.1 Å². The van der Waals surface area contributed by atoms with Crippen molar-refractivity contribution in [3.63, 3.8) is 0 Å². The molecule has 4 heteroatoms. The third-order valence-electron chi connectivity index (χ3n) is 2.94. The first-order chi connectivity index (χ1) is 9.63. The lowest BCUT2D eigenvalue weighted by Gasteiger charge is -2.12.